The largest absolute Gasteiger partial charge is 0.349 e. The second-order valence-corrected chi connectivity index (χ2v) is 6.93. The Morgan fingerprint density at radius 1 is 1.00 bits per heavy atom. The summed E-state index contributed by atoms with van der Waals surface area (Å²) in [7, 11) is 0. The van der Waals surface area contributed by atoms with Crippen LogP contribution in [0.1, 0.15) is 59.4 Å². The van der Waals surface area contributed by atoms with Gasteiger partial charge in [-0.25, -0.2) is 0 Å². The number of aromatic nitrogens is 1. The molecule has 0 atom stereocenters. The summed E-state index contributed by atoms with van der Waals surface area (Å²) in [6.07, 6.45) is 8.25. The van der Waals surface area contributed by atoms with Crippen molar-refractivity contribution >= 4 is 29.1 Å². The smallest absolute Gasteiger partial charge is 0.274 e. The summed E-state index contributed by atoms with van der Waals surface area (Å²) in [5, 5.41) is 6.25. The second-order valence-electron chi connectivity index (χ2n) is 6.53. The maximum Gasteiger partial charge on any atom is 0.274 e. The van der Waals surface area contributed by atoms with Crippen molar-refractivity contribution in [2.45, 2.75) is 44.6 Å². The summed E-state index contributed by atoms with van der Waals surface area (Å²) >= 11 is 6.06. The first kappa shape index (κ1) is 18.4. The molecule has 1 saturated carbocycles. The SMILES string of the molecule is O=C(NC1CCCCCC1)c1ccnc(C(=O)Nc2ccccc2Cl)c1. The molecule has 1 fully saturated rings. The number of anilines is 1. The molecule has 2 aromatic rings. The van der Waals surface area contributed by atoms with E-state index in [1.165, 1.54) is 25.1 Å². The zero-order chi connectivity index (χ0) is 18.4. The first-order valence-electron chi connectivity index (χ1n) is 8.96. The monoisotopic (exact) mass is 371 g/mol. The molecule has 2 N–H and O–H groups in total. The predicted molar refractivity (Wildman–Crippen MR) is 103 cm³/mol. The van der Waals surface area contributed by atoms with Crippen molar-refractivity contribution in [1.82, 2.24) is 10.3 Å². The topological polar surface area (TPSA) is 71.1 Å². The van der Waals surface area contributed by atoms with Crippen LogP contribution in [-0.4, -0.2) is 22.8 Å². The molecule has 0 spiro atoms. The van der Waals surface area contributed by atoms with E-state index < -0.39 is 5.91 Å². The van der Waals surface area contributed by atoms with Gasteiger partial charge in [0.2, 0.25) is 0 Å². The molecule has 1 heterocycles. The quantitative estimate of drug-likeness (QED) is 0.780. The Morgan fingerprint density at radius 3 is 2.46 bits per heavy atom. The van der Waals surface area contributed by atoms with Gasteiger partial charge in [0, 0.05) is 17.8 Å². The third-order valence-corrected chi connectivity index (χ3v) is 4.90. The van der Waals surface area contributed by atoms with Gasteiger partial charge in [0.15, 0.2) is 0 Å². The van der Waals surface area contributed by atoms with Gasteiger partial charge in [-0.1, -0.05) is 49.4 Å². The van der Waals surface area contributed by atoms with Crippen LogP contribution in [0.2, 0.25) is 5.02 Å². The molecule has 3 rings (SSSR count). The van der Waals surface area contributed by atoms with E-state index in [0.717, 1.165) is 25.7 Å². The van der Waals surface area contributed by atoms with Gasteiger partial charge in [0.25, 0.3) is 11.8 Å². The molecule has 5 nitrogen and oxygen atoms in total. The number of hydrogen-bond acceptors (Lipinski definition) is 3. The van der Waals surface area contributed by atoms with E-state index >= 15 is 0 Å². The average Bonchev–Trinajstić information content (AvgIpc) is 2.92. The number of nitrogens with one attached hydrogen (secondary N) is 2. The molecular formula is C20H22ClN3O2. The standard InChI is InChI=1S/C20H22ClN3O2/c21-16-9-5-6-10-17(16)24-20(26)18-13-14(11-12-22-18)19(25)23-15-7-3-1-2-4-8-15/h5-6,9-13,15H,1-4,7-8H2,(H,23,25)(H,24,26). The summed E-state index contributed by atoms with van der Waals surface area (Å²) in [4.78, 5) is 29.0. The van der Waals surface area contributed by atoms with Gasteiger partial charge in [-0.15, -0.1) is 0 Å². The minimum Gasteiger partial charge on any atom is -0.349 e. The summed E-state index contributed by atoms with van der Waals surface area (Å²) in [6, 6.07) is 10.3. The molecule has 1 aliphatic rings. The fourth-order valence-corrected chi connectivity index (χ4v) is 3.32. The number of nitrogens with zero attached hydrogens (tertiary/aromatic N) is 1. The van der Waals surface area contributed by atoms with Crippen LogP contribution >= 0.6 is 11.6 Å². The molecule has 0 bridgehead atoms. The van der Waals surface area contributed by atoms with Crippen molar-refractivity contribution in [2.24, 2.45) is 0 Å². The number of benzene rings is 1. The van der Waals surface area contributed by atoms with Crippen LogP contribution in [0.15, 0.2) is 42.6 Å². The van der Waals surface area contributed by atoms with Crippen molar-refractivity contribution < 1.29 is 9.59 Å². The van der Waals surface area contributed by atoms with E-state index in [9.17, 15) is 9.59 Å². The lowest BCUT2D eigenvalue weighted by molar-refractivity contribution is 0.0933. The Labute approximate surface area is 158 Å². The van der Waals surface area contributed by atoms with E-state index in [-0.39, 0.29) is 17.6 Å². The maximum absolute atomic E-state index is 12.5. The molecule has 136 valence electrons. The zero-order valence-corrected chi connectivity index (χ0v) is 15.3. The van der Waals surface area contributed by atoms with Crippen molar-refractivity contribution in [3.05, 3.63) is 58.9 Å². The summed E-state index contributed by atoms with van der Waals surface area (Å²) in [5.74, 6) is -0.562. The Balaban J connectivity index is 1.68. The molecule has 0 aliphatic heterocycles. The lowest BCUT2D eigenvalue weighted by Gasteiger charge is -2.16. The highest BCUT2D eigenvalue weighted by atomic mass is 35.5. The molecule has 0 radical (unpaired) electrons. The summed E-state index contributed by atoms with van der Waals surface area (Å²) in [6.45, 7) is 0. The normalized spacial score (nSPS) is 15.1. The van der Waals surface area contributed by atoms with Crippen LogP contribution in [0.25, 0.3) is 0 Å². The van der Waals surface area contributed by atoms with Crippen LogP contribution in [0.4, 0.5) is 5.69 Å². The number of pyridine rings is 1. The molecule has 1 aliphatic carbocycles. The van der Waals surface area contributed by atoms with E-state index in [4.69, 9.17) is 11.6 Å². The number of halogens is 1. The van der Waals surface area contributed by atoms with Crippen LogP contribution in [0.5, 0.6) is 0 Å². The van der Waals surface area contributed by atoms with Gasteiger partial charge >= 0.3 is 0 Å². The minimum absolute atomic E-state index is 0.161. The van der Waals surface area contributed by atoms with Crippen molar-refractivity contribution in [2.75, 3.05) is 5.32 Å². The van der Waals surface area contributed by atoms with E-state index in [0.29, 0.717) is 16.3 Å². The predicted octanol–water partition coefficient (Wildman–Crippen LogP) is 4.44. The molecule has 1 aromatic carbocycles. The lowest BCUT2D eigenvalue weighted by atomic mass is 10.1. The second kappa shape index (κ2) is 8.81. The number of carbonyl (C=O) groups excluding carboxylic acids is 2. The van der Waals surface area contributed by atoms with Crippen LogP contribution in [0.3, 0.4) is 0 Å². The number of rotatable bonds is 4. The lowest BCUT2D eigenvalue weighted by Crippen LogP contribution is -2.34. The first-order chi connectivity index (χ1) is 12.6. The molecule has 6 heteroatoms. The van der Waals surface area contributed by atoms with Crippen molar-refractivity contribution in [3.63, 3.8) is 0 Å². The number of hydrogen-bond donors (Lipinski definition) is 2. The van der Waals surface area contributed by atoms with Crippen LogP contribution in [0, 0.1) is 0 Å². The molecule has 0 unspecified atom stereocenters. The molecule has 2 amide bonds. The van der Waals surface area contributed by atoms with Gasteiger partial charge in [0.1, 0.15) is 5.69 Å². The Morgan fingerprint density at radius 2 is 1.73 bits per heavy atom. The van der Waals surface area contributed by atoms with Crippen molar-refractivity contribution in [1.29, 1.82) is 0 Å². The number of carbonyl (C=O) groups is 2. The fraction of sp³-hybridized carbons (Fsp3) is 0.350. The highest BCUT2D eigenvalue weighted by Crippen LogP contribution is 2.21. The van der Waals surface area contributed by atoms with Gasteiger partial charge in [-0.2, -0.15) is 0 Å². The summed E-state index contributed by atoms with van der Waals surface area (Å²) < 4.78 is 0. The van der Waals surface area contributed by atoms with E-state index in [1.54, 1.807) is 30.3 Å². The first-order valence-corrected chi connectivity index (χ1v) is 9.34. The van der Waals surface area contributed by atoms with Gasteiger partial charge in [-0.05, 0) is 37.1 Å². The highest BCUT2D eigenvalue weighted by molar-refractivity contribution is 6.33. The molecule has 26 heavy (non-hydrogen) atoms. The Bertz CT molecular complexity index is 786. The third-order valence-electron chi connectivity index (χ3n) is 4.57. The number of para-hydroxylation sites is 1. The summed E-state index contributed by atoms with van der Waals surface area (Å²) in [5.41, 5.74) is 1.13. The van der Waals surface area contributed by atoms with Crippen molar-refractivity contribution in [3.8, 4) is 0 Å². The molecular weight excluding hydrogens is 350 g/mol. The van der Waals surface area contributed by atoms with Gasteiger partial charge < -0.3 is 10.6 Å². The maximum atomic E-state index is 12.5. The van der Waals surface area contributed by atoms with Gasteiger partial charge in [0.05, 0.1) is 10.7 Å². The highest BCUT2D eigenvalue weighted by Gasteiger charge is 2.17. The fourth-order valence-electron chi connectivity index (χ4n) is 3.14. The van der Waals surface area contributed by atoms with Crippen LogP contribution in [-0.2, 0) is 0 Å². The minimum atomic E-state index is -0.401. The van der Waals surface area contributed by atoms with E-state index in [2.05, 4.69) is 15.6 Å². The Hall–Kier alpha value is -2.40. The van der Waals surface area contributed by atoms with Crippen LogP contribution < -0.4 is 10.6 Å². The molecule has 1 aromatic heterocycles. The molecule has 0 saturated heterocycles. The number of amides is 2. The van der Waals surface area contributed by atoms with E-state index in [1.807, 2.05) is 0 Å². The third kappa shape index (κ3) is 4.82. The van der Waals surface area contributed by atoms with Gasteiger partial charge in [-0.3, -0.25) is 14.6 Å². The Kier molecular flexibility index (Phi) is 6.23. The average molecular weight is 372 g/mol. The zero-order valence-electron chi connectivity index (χ0n) is 14.5.